The number of H-pyrrole nitrogens is 1. The molecule has 0 fully saturated rings. The summed E-state index contributed by atoms with van der Waals surface area (Å²) in [6.45, 7) is 0. The molecule has 0 saturated heterocycles. The molecule has 3 nitrogen and oxygen atoms in total. The SMILES string of the molecule is Cn1[nH]c(-c2cccc(F)c2)nc1=S. The Balaban J connectivity index is 2.54. The van der Waals surface area contributed by atoms with Gasteiger partial charge in [0.15, 0.2) is 5.82 Å². The maximum absolute atomic E-state index is 12.9. The largest absolute Gasteiger partial charge is 0.279 e. The molecule has 0 aliphatic rings. The molecule has 2 rings (SSSR count). The minimum Gasteiger partial charge on any atom is -0.279 e. The summed E-state index contributed by atoms with van der Waals surface area (Å²) in [5.74, 6) is 0.296. The third kappa shape index (κ3) is 1.58. The van der Waals surface area contributed by atoms with Crippen LogP contribution in [0.3, 0.4) is 0 Å². The second kappa shape index (κ2) is 3.34. The highest BCUT2D eigenvalue weighted by atomic mass is 32.1. The molecule has 0 radical (unpaired) electrons. The lowest BCUT2D eigenvalue weighted by Crippen LogP contribution is -1.89. The standard InChI is InChI=1S/C9H8FN3S/c1-13-9(14)11-8(12-13)6-3-2-4-7(10)5-6/h2-5H,1H3,(H,11,12,14). The lowest BCUT2D eigenvalue weighted by molar-refractivity contribution is 0.628. The summed E-state index contributed by atoms with van der Waals surface area (Å²) in [7, 11) is 1.76. The molecule has 1 heterocycles. The fraction of sp³-hybridized carbons (Fsp3) is 0.111. The molecular formula is C9H8FN3S. The molecule has 2 aromatic rings. The van der Waals surface area contributed by atoms with E-state index >= 15 is 0 Å². The summed E-state index contributed by atoms with van der Waals surface area (Å²) in [5, 5.41) is 2.92. The quantitative estimate of drug-likeness (QED) is 0.731. The first-order valence-electron chi connectivity index (χ1n) is 4.06. The zero-order valence-electron chi connectivity index (χ0n) is 7.49. The molecule has 72 valence electrons. The molecule has 0 spiro atoms. The van der Waals surface area contributed by atoms with Gasteiger partial charge in [0, 0.05) is 12.6 Å². The number of hydrogen-bond acceptors (Lipinski definition) is 2. The summed E-state index contributed by atoms with van der Waals surface area (Å²) in [4.78, 5) is 4.08. The van der Waals surface area contributed by atoms with Crippen LogP contribution in [-0.2, 0) is 7.05 Å². The molecule has 1 aromatic heterocycles. The fourth-order valence-corrected chi connectivity index (χ4v) is 1.30. The number of aromatic nitrogens is 3. The molecule has 5 heteroatoms. The molecule has 0 atom stereocenters. The number of hydrogen-bond donors (Lipinski definition) is 1. The normalized spacial score (nSPS) is 10.4. The molecular weight excluding hydrogens is 201 g/mol. The third-order valence-corrected chi connectivity index (χ3v) is 2.23. The van der Waals surface area contributed by atoms with Crippen LogP contribution < -0.4 is 0 Å². The number of aryl methyl sites for hydroxylation is 1. The molecule has 0 saturated carbocycles. The van der Waals surface area contributed by atoms with Crippen LogP contribution in [0, 0.1) is 10.6 Å². The molecule has 1 N–H and O–H groups in total. The van der Waals surface area contributed by atoms with E-state index in [0.717, 1.165) is 0 Å². The van der Waals surface area contributed by atoms with Gasteiger partial charge >= 0.3 is 0 Å². The third-order valence-electron chi connectivity index (χ3n) is 1.87. The van der Waals surface area contributed by atoms with E-state index < -0.39 is 0 Å². The van der Waals surface area contributed by atoms with Gasteiger partial charge in [-0.3, -0.25) is 9.78 Å². The summed E-state index contributed by atoms with van der Waals surface area (Å²) in [6, 6.07) is 6.21. The van der Waals surface area contributed by atoms with Crippen molar-refractivity contribution < 1.29 is 4.39 Å². The minimum atomic E-state index is -0.285. The Morgan fingerprint density at radius 2 is 2.29 bits per heavy atom. The van der Waals surface area contributed by atoms with Crippen molar-refractivity contribution in [3.05, 3.63) is 34.9 Å². The topological polar surface area (TPSA) is 33.6 Å². The Kier molecular flexibility index (Phi) is 2.17. The maximum Gasteiger partial charge on any atom is 0.216 e. The van der Waals surface area contributed by atoms with Crippen molar-refractivity contribution in [2.75, 3.05) is 0 Å². The summed E-state index contributed by atoms with van der Waals surface area (Å²) < 4.78 is 14.9. The van der Waals surface area contributed by atoms with Crippen LogP contribution >= 0.6 is 12.2 Å². The van der Waals surface area contributed by atoms with Crippen LogP contribution in [0.1, 0.15) is 0 Å². The van der Waals surface area contributed by atoms with Crippen molar-refractivity contribution in [2.45, 2.75) is 0 Å². The van der Waals surface area contributed by atoms with Gasteiger partial charge in [0.1, 0.15) is 5.82 Å². The predicted molar refractivity (Wildman–Crippen MR) is 53.8 cm³/mol. The van der Waals surface area contributed by atoms with Crippen molar-refractivity contribution in [3.63, 3.8) is 0 Å². The van der Waals surface area contributed by atoms with E-state index in [-0.39, 0.29) is 5.82 Å². The van der Waals surface area contributed by atoms with Gasteiger partial charge in [0.2, 0.25) is 4.77 Å². The van der Waals surface area contributed by atoms with Gasteiger partial charge < -0.3 is 0 Å². The fourth-order valence-electron chi connectivity index (χ4n) is 1.17. The Labute approximate surface area is 85.2 Å². The second-order valence-electron chi connectivity index (χ2n) is 2.92. The number of aromatic amines is 1. The van der Waals surface area contributed by atoms with E-state index in [2.05, 4.69) is 10.1 Å². The van der Waals surface area contributed by atoms with Crippen LogP contribution in [0.5, 0.6) is 0 Å². The highest BCUT2D eigenvalue weighted by molar-refractivity contribution is 7.71. The number of benzene rings is 1. The van der Waals surface area contributed by atoms with Gasteiger partial charge in [-0.15, -0.1) is 0 Å². The first-order chi connectivity index (χ1) is 6.66. The molecule has 14 heavy (non-hydrogen) atoms. The Hall–Kier alpha value is -1.49. The Morgan fingerprint density at radius 1 is 1.50 bits per heavy atom. The first kappa shape index (κ1) is 9.08. The lowest BCUT2D eigenvalue weighted by atomic mass is 10.2. The van der Waals surface area contributed by atoms with Gasteiger partial charge in [-0.05, 0) is 24.4 Å². The minimum absolute atomic E-state index is 0.285. The van der Waals surface area contributed by atoms with Crippen molar-refractivity contribution in [1.29, 1.82) is 0 Å². The van der Waals surface area contributed by atoms with E-state index in [9.17, 15) is 4.39 Å². The smallest absolute Gasteiger partial charge is 0.216 e. The lowest BCUT2D eigenvalue weighted by Gasteiger charge is -1.95. The van der Waals surface area contributed by atoms with Crippen molar-refractivity contribution >= 4 is 12.2 Å². The monoisotopic (exact) mass is 209 g/mol. The molecule has 0 amide bonds. The van der Waals surface area contributed by atoms with Crippen LogP contribution in [0.2, 0.25) is 0 Å². The Morgan fingerprint density at radius 3 is 2.86 bits per heavy atom. The zero-order chi connectivity index (χ0) is 10.1. The van der Waals surface area contributed by atoms with Crippen molar-refractivity contribution in [1.82, 2.24) is 14.8 Å². The number of nitrogens with zero attached hydrogens (tertiary/aromatic N) is 2. The Bertz CT molecular complexity index is 515. The second-order valence-corrected chi connectivity index (χ2v) is 3.29. The van der Waals surface area contributed by atoms with E-state index in [0.29, 0.717) is 16.2 Å². The van der Waals surface area contributed by atoms with Gasteiger partial charge in [-0.2, -0.15) is 4.98 Å². The predicted octanol–water partition coefficient (Wildman–Crippen LogP) is 2.28. The maximum atomic E-state index is 12.9. The molecule has 0 aliphatic heterocycles. The highest BCUT2D eigenvalue weighted by Gasteiger charge is 2.03. The van der Waals surface area contributed by atoms with E-state index in [1.54, 1.807) is 23.9 Å². The van der Waals surface area contributed by atoms with E-state index in [4.69, 9.17) is 12.2 Å². The molecule has 0 unspecified atom stereocenters. The number of halogens is 1. The highest BCUT2D eigenvalue weighted by Crippen LogP contribution is 2.15. The zero-order valence-corrected chi connectivity index (χ0v) is 8.31. The van der Waals surface area contributed by atoms with Crippen LogP contribution in [-0.4, -0.2) is 14.8 Å². The van der Waals surface area contributed by atoms with Gasteiger partial charge in [0.05, 0.1) is 0 Å². The van der Waals surface area contributed by atoms with Crippen molar-refractivity contribution in [3.8, 4) is 11.4 Å². The first-order valence-corrected chi connectivity index (χ1v) is 4.46. The molecule has 0 aliphatic carbocycles. The average molecular weight is 209 g/mol. The van der Waals surface area contributed by atoms with Gasteiger partial charge in [-0.25, -0.2) is 4.39 Å². The molecule has 1 aromatic carbocycles. The van der Waals surface area contributed by atoms with Gasteiger partial charge in [-0.1, -0.05) is 12.1 Å². The summed E-state index contributed by atoms with van der Waals surface area (Å²) in [6.07, 6.45) is 0. The average Bonchev–Trinajstić information content (AvgIpc) is 2.47. The van der Waals surface area contributed by atoms with Crippen molar-refractivity contribution in [2.24, 2.45) is 7.05 Å². The number of rotatable bonds is 1. The van der Waals surface area contributed by atoms with E-state index in [1.165, 1.54) is 12.1 Å². The summed E-state index contributed by atoms with van der Waals surface area (Å²) >= 11 is 4.93. The molecule has 0 bridgehead atoms. The summed E-state index contributed by atoms with van der Waals surface area (Å²) in [5.41, 5.74) is 0.691. The number of nitrogens with one attached hydrogen (secondary N) is 1. The van der Waals surface area contributed by atoms with Crippen LogP contribution in [0.15, 0.2) is 24.3 Å². The van der Waals surface area contributed by atoms with Crippen LogP contribution in [0.25, 0.3) is 11.4 Å². The van der Waals surface area contributed by atoms with Crippen LogP contribution in [0.4, 0.5) is 4.39 Å². The van der Waals surface area contributed by atoms with E-state index in [1.807, 2.05) is 0 Å². The van der Waals surface area contributed by atoms with Gasteiger partial charge in [0.25, 0.3) is 0 Å².